The van der Waals surface area contributed by atoms with Crippen molar-refractivity contribution in [3.63, 3.8) is 0 Å². The van der Waals surface area contributed by atoms with E-state index in [1.165, 1.54) is 0 Å². The van der Waals surface area contributed by atoms with E-state index >= 15 is 0 Å². The number of rotatable bonds is 5. The topological polar surface area (TPSA) is 56.2 Å². The standard InChI is InChI=1S/C14H16BrNO2S/c1-9(4-5-16)19-8-10-6-14(17)18-13-7-11(15)2-3-12(10)13/h2-3,6-7,9H,4-5,8,16H2,1H3. The minimum Gasteiger partial charge on any atom is -0.423 e. The van der Waals surface area contributed by atoms with Crippen molar-refractivity contribution in [3.8, 4) is 0 Å². The summed E-state index contributed by atoms with van der Waals surface area (Å²) >= 11 is 5.19. The summed E-state index contributed by atoms with van der Waals surface area (Å²) in [6.45, 7) is 2.85. The fraction of sp³-hybridized carbons (Fsp3) is 0.357. The summed E-state index contributed by atoms with van der Waals surface area (Å²) in [5, 5.41) is 1.48. The molecule has 0 spiro atoms. The SMILES string of the molecule is CC(CCN)SCc1cc(=O)oc2cc(Br)ccc12. The Balaban J connectivity index is 2.29. The van der Waals surface area contributed by atoms with Crippen LogP contribution in [-0.2, 0) is 5.75 Å². The zero-order valence-electron chi connectivity index (χ0n) is 10.7. The third kappa shape index (κ3) is 3.84. The van der Waals surface area contributed by atoms with Crippen LogP contribution in [0.2, 0.25) is 0 Å². The quantitative estimate of drug-likeness (QED) is 0.845. The smallest absolute Gasteiger partial charge is 0.336 e. The summed E-state index contributed by atoms with van der Waals surface area (Å²) in [5.41, 5.74) is 6.90. The number of thioether (sulfide) groups is 1. The van der Waals surface area contributed by atoms with Crippen molar-refractivity contribution >= 4 is 38.7 Å². The third-order valence-electron chi connectivity index (χ3n) is 2.89. The van der Waals surface area contributed by atoms with Gasteiger partial charge in [0.2, 0.25) is 0 Å². The Morgan fingerprint density at radius 2 is 2.21 bits per heavy atom. The first-order valence-electron chi connectivity index (χ1n) is 6.14. The Hall–Kier alpha value is -0.780. The molecular formula is C14H16BrNO2S. The third-order valence-corrected chi connectivity index (χ3v) is 4.66. The molecule has 102 valence electrons. The van der Waals surface area contributed by atoms with Gasteiger partial charge in [-0.05, 0) is 36.7 Å². The molecule has 0 aliphatic rings. The highest BCUT2D eigenvalue weighted by atomic mass is 79.9. The average molecular weight is 342 g/mol. The minimum absolute atomic E-state index is 0.298. The molecular weight excluding hydrogens is 326 g/mol. The zero-order valence-corrected chi connectivity index (χ0v) is 13.1. The van der Waals surface area contributed by atoms with Gasteiger partial charge in [0.15, 0.2) is 0 Å². The number of nitrogens with two attached hydrogens (primary N) is 1. The van der Waals surface area contributed by atoms with Crippen LogP contribution in [0.3, 0.4) is 0 Å². The monoisotopic (exact) mass is 341 g/mol. The summed E-state index contributed by atoms with van der Waals surface area (Å²) in [6.07, 6.45) is 0.982. The van der Waals surface area contributed by atoms with Crippen LogP contribution in [0.25, 0.3) is 11.0 Å². The van der Waals surface area contributed by atoms with Gasteiger partial charge in [0.25, 0.3) is 0 Å². The van der Waals surface area contributed by atoms with E-state index in [-0.39, 0.29) is 5.63 Å². The summed E-state index contributed by atoms with van der Waals surface area (Å²) in [5.74, 6) is 0.797. The van der Waals surface area contributed by atoms with Crippen LogP contribution in [0.1, 0.15) is 18.9 Å². The van der Waals surface area contributed by atoms with Gasteiger partial charge in [-0.25, -0.2) is 4.79 Å². The molecule has 3 nitrogen and oxygen atoms in total. The number of hydrogen-bond donors (Lipinski definition) is 1. The molecule has 1 aromatic carbocycles. The predicted octanol–water partition coefficient (Wildman–Crippen LogP) is 3.53. The summed E-state index contributed by atoms with van der Waals surface area (Å²) in [6, 6.07) is 7.35. The number of halogens is 1. The van der Waals surface area contributed by atoms with Crippen molar-refractivity contribution in [2.45, 2.75) is 24.3 Å². The van der Waals surface area contributed by atoms with E-state index in [2.05, 4.69) is 22.9 Å². The van der Waals surface area contributed by atoms with E-state index in [4.69, 9.17) is 10.2 Å². The summed E-state index contributed by atoms with van der Waals surface area (Å²) in [4.78, 5) is 11.6. The van der Waals surface area contributed by atoms with E-state index in [1.54, 1.807) is 6.07 Å². The van der Waals surface area contributed by atoms with E-state index in [9.17, 15) is 4.79 Å². The van der Waals surface area contributed by atoms with Gasteiger partial charge >= 0.3 is 5.63 Å². The molecule has 1 aromatic heterocycles. The van der Waals surface area contributed by atoms with Gasteiger partial charge in [-0.2, -0.15) is 11.8 Å². The van der Waals surface area contributed by atoms with Crippen molar-refractivity contribution in [2.24, 2.45) is 5.73 Å². The lowest BCUT2D eigenvalue weighted by Gasteiger charge is -2.10. The maximum atomic E-state index is 11.6. The number of benzene rings is 1. The molecule has 0 fully saturated rings. The molecule has 0 amide bonds. The Kier molecular flexibility index (Phi) is 5.07. The highest BCUT2D eigenvalue weighted by Crippen LogP contribution is 2.26. The molecule has 2 aromatic rings. The van der Waals surface area contributed by atoms with Crippen LogP contribution in [0.15, 0.2) is 37.9 Å². The van der Waals surface area contributed by atoms with Crippen molar-refractivity contribution in [1.29, 1.82) is 0 Å². The van der Waals surface area contributed by atoms with Crippen molar-refractivity contribution in [2.75, 3.05) is 6.54 Å². The zero-order chi connectivity index (χ0) is 13.8. The van der Waals surface area contributed by atoms with Crippen molar-refractivity contribution < 1.29 is 4.42 Å². The fourth-order valence-electron chi connectivity index (χ4n) is 1.87. The van der Waals surface area contributed by atoms with Crippen LogP contribution in [-0.4, -0.2) is 11.8 Å². The fourth-order valence-corrected chi connectivity index (χ4v) is 3.22. The highest BCUT2D eigenvalue weighted by molar-refractivity contribution is 9.10. The molecule has 19 heavy (non-hydrogen) atoms. The van der Waals surface area contributed by atoms with Gasteiger partial charge < -0.3 is 10.2 Å². The number of fused-ring (bicyclic) bond motifs is 1. The molecule has 0 bridgehead atoms. The van der Waals surface area contributed by atoms with E-state index in [0.29, 0.717) is 17.4 Å². The first-order valence-corrected chi connectivity index (χ1v) is 7.98. The molecule has 5 heteroatoms. The second-order valence-electron chi connectivity index (χ2n) is 4.43. The highest BCUT2D eigenvalue weighted by Gasteiger charge is 2.08. The minimum atomic E-state index is -0.298. The molecule has 0 aliphatic carbocycles. The molecule has 1 heterocycles. The van der Waals surface area contributed by atoms with Gasteiger partial charge in [-0.15, -0.1) is 0 Å². The first kappa shape index (κ1) is 14.6. The predicted molar refractivity (Wildman–Crippen MR) is 84.6 cm³/mol. The molecule has 0 saturated heterocycles. The summed E-state index contributed by atoms with van der Waals surface area (Å²) in [7, 11) is 0. The Bertz CT molecular complexity index is 626. The van der Waals surface area contributed by atoms with Gasteiger partial charge in [-0.1, -0.05) is 22.9 Å². The molecule has 2 rings (SSSR count). The van der Waals surface area contributed by atoms with Crippen LogP contribution in [0, 0.1) is 0 Å². The summed E-state index contributed by atoms with van der Waals surface area (Å²) < 4.78 is 6.13. The van der Waals surface area contributed by atoms with E-state index in [0.717, 1.165) is 27.6 Å². The normalized spacial score (nSPS) is 12.8. The van der Waals surface area contributed by atoms with Gasteiger partial charge in [0.05, 0.1) is 0 Å². The largest absolute Gasteiger partial charge is 0.423 e. The second kappa shape index (κ2) is 6.59. The average Bonchev–Trinajstić information content (AvgIpc) is 2.35. The first-order chi connectivity index (χ1) is 9.10. The van der Waals surface area contributed by atoms with E-state index < -0.39 is 0 Å². The molecule has 0 aliphatic heterocycles. The Morgan fingerprint density at radius 3 is 2.95 bits per heavy atom. The van der Waals surface area contributed by atoms with Crippen LogP contribution < -0.4 is 11.4 Å². The maximum Gasteiger partial charge on any atom is 0.336 e. The number of hydrogen-bond acceptors (Lipinski definition) is 4. The van der Waals surface area contributed by atoms with E-state index in [1.807, 2.05) is 30.0 Å². The molecule has 0 radical (unpaired) electrons. The van der Waals surface area contributed by atoms with Crippen LogP contribution in [0.4, 0.5) is 0 Å². The van der Waals surface area contributed by atoms with Crippen LogP contribution >= 0.6 is 27.7 Å². The Morgan fingerprint density at radius 1 is 1.42 bits per heavy atom. The van der Waals surface area contributed by atoms with Crippen LogP contribution in [0.5, 0.6) is 0 Å². The molecule has 2 N–H and O–H groups in total. The Labute approximate surface area is 124 Å². The van der Waals surface area contributed by atoms with Gasteiger partial charge in [-0.3, -0.25) is 0 Å². The van der Waals surface area contributed by atoms with Gasteiger partial charge in [0, 0.05) is 26.9 Å². The van der Waals surface area contributed by atoms with Gasteiger partial charge in [0.1, 0.15) is 5.58 Å². The second-order valence-corrected chi connectivity index (χ2v) is 6.77. The lowest BCUT2D eigenvalue weighted by molar-refractivity contribution is 0.559. The lowest BCUT2D eigenvalue weighted by atomic mass is 10.1. The maximum absolute atomic E-state index is 11.6. The lowest BCUT2D eigenvalue weighted by Crippen LogP contribution is -2.07. The molecule has 1 atom stereocenters. The molecule has 1 unspecified atom stereocenters. The van der Waals surface area contributed by atoms with Crippen molar-refractivity contribution in [1.82, 2.24) is 0 Å². The van der Waals surface area contributed by atoms with Crippen molar-refractivity contribution in [3.05, 3.63) is 44.7 Å². The molecule has 0 saturated carbocycles.